The van der Waals surface area contributed by atoms with Crippen molar-refractivity contribution in [1.82, 2.24) is 4.65 Å². The SMILES string of the molecule is [O-][N+]1(c2ccccc2)CCN(c2ccccc2)C1. The maximum absolute atomic E-state index is 12.8. The van der Waals surface area contributed by atoms with Crippen LogP contribution >= 0.6 is 0 Å². The summed E-state index contributed by atoms with van der Waals surface area (Å²) in [5, 5.41) is 12.8. The first-order valence-corrected chi connectivity index (χ1v) is 6.22. The van der Waals surface area contributed by atoms with Crippen LogP contribution in [0.2, 0.25) is 0 Å². The van der Waals surface area contributed by atoms with E-state index < -0.39 is 0 Å². The molecule has 3 rings (SSSR count). The van der Waals surface area contributed by atoms with Gasteiger partial charge >= 0.3 is 0 Å². The highest BCUT2D eigenvalue weighted by Crippen LogP contribution is 2.28. The maximum atomic E-state index is 12.8. The summed E-state index contributed by atoms with van der Waals surface area (Å²) in [7, 11) is 0. The van der Waals surface area contributed by atoms with Gasteiger partial charge in [-0.2, -0.15) is 0 Å². The molecule has 3 nitrogen and oxygen atoms in total. The van der Waals surface area contributed by atoms with Crippen LogP contribution in [0.4, 0.5) is 11.4 Å². The highest BCUT2D eigenvalue weighted by Gasteiger charge is 2.31. The van der Waals surface area contributed by atoms with Crippen molar-refractivity contribution in [3.8, 4) is 0 Å². The van der Waals surface area contributed by atoms with E-state index in [1.54, 1.807) is 0 Å². The number of anilines is 1. The molecule has 1 saturated heterocycles. The van der Waals surface area contributed by atoms with Crippen molar-refractivity contribution in [2.24, 2.45) is 0 Å². The Labute approximate surface area is 107 Å². The van der Waals surface area contributed by atoms with Crippen LogP contribution in [0.25, 0.3) is 0 Å². The van der Waals surface area contributed by atoms with Crippen molar-refractivity contribution in [2.75, 3.05) is 24.7 Å². The first kappa shape index (κ1) is 11.3. The van der Waals surface area contributed by atoms with Crippen LogP contribution < -0.4 is 9.55 Å². The molecular formula is C15H16N2O. The molecular weight excluding hydrogens is 224 g/mol. The predicted molar refractivity (Wildman–Crippen MR) is 75.1 cm³/mol. The number of hydrogen-bond acceptors (Lipinski definition) is 2. The van der Waals surface area contributed by atoms with Gasteiger partial charge in [0.05, 0.1) is 6.54 Å². The fourth-order valence-electron chi connectivity index (χ4n) is 2.46. The second kappa shape index (κ2) is 4.44. The van der Waals surface area contributed by atoms with Gasteiger partial charge in [-0.1, -0.05) is 36.4 Å². The summed E-state index contributed by atoms with van der Waals surface area (Å²) in [6.07, 6.45) is 0. The minimum absolute atomic E-state index is 0.254. The van der Waals surface area contributed by atoms with Crippen molar-refractivity contribution >= 4 is 11.4 Å². The smallest absolute Gasteiger partial charge is 0.159 e. The van der Waals surface area contributed by atoms with Gasteiger partial charge in [0.15, 0.2) is 6.67 Å². The topological polar surface area (TPSA) is 26.3 Å². The van der Waals surface area contributed by atoms with Gasteiger partial charge in [0.2, 0.25) is 0 Å². The standard InChI is InChI=1S/C15H16N2O/c18-17(15-9-5-2-6-10-15)12-11-16(13-17)14-7-3-1-4-8-14/h1-10H,11-13H2. The molecule has 1 unspecified atom stereocenters. The van der Waals surface area contributed by atoms with Crippen molar-refractivity contribution in [3.63, 3.8) is 0 Å². The van der Waals surface area contributed by atoms with E-state index in [4.69, 9.17) is 0 Å². The van der Waals surface area contributed by atoms with Crippen LogP contribution in [0.15, 0.2) is 60.7 Å². The van der Waals surface area contributed by atoms with Gasteiger partial charge < -0.3 is 14.8 Å². The minimum atomic E-state index is -0.254. The number of benzene rings is 2. The highest BCUT2D eigenvalue weighted by atomic mass is 16.6. The molecule has 0 aliphatic carbocycles. The molecule has 2 aromatic rings. The Hall–Kier alpha value is -1.84. The van der Waals surface area contributed by atoms with Crippen LogP contribution in [0, 0.1) is 5.21 Å². The van der Waals surface area contributed by atoms with Gasteiger partial charge in [0.1, 0.15) is 12.2 Å². The number of quaternary nitrogens is 1. The molecule has 1 heterocycles. The van der Waals surface area contributed by atoms with Gasteiger partial charge in [-0.05, 0) is 24.3 Å². The van der Waals surface area contributed by atoms with Crippen LogP contribution in [0.3, 0.4) is 0 Å². The van der Waals surface area contributed by atoms with E-state index in [-0.39, 0.29) is 4.65 Å². The molecule has 1 aliphatic heterocycles. The third kappa shape index (κ3) is 1.98. The normalized spacial score (nSPS) is 23.3. The monoisotopic (exact) mass is 240 g/mol. The van der Waals surface area contributed by atoms with Crippen LogP contribution in [-0.2, 0) is 0 Å². The van der Waals surface area contributed by atoms with Gasteiger partial charge in [0.25, 0.3) is 0 Å². The Bertz CT molecular complexity index is 515. The molecule has 1 fully saturated rings. The van der Waals surface area contributed by atoms with E-state index in [0.717, 1.165) is 17.9 Å². The molecule has 92 valence electrons. The van der Waals surface area contributed by atoms with Gasteiger partial charge in [-0.3, -0.25) is 0 Å². The number of para-hydroxylation sites is 2. The molecule has 0 aromatic heterocycles. The summed E-state index contributed by atoms with van der Waals surface area (Å²) in [5.74, 6) is 0. The summed E-state index contributed by atoms with van der Waals surface area (Å²) >= 11 is 0. The molecule has 18 heavy (non-hydrogen) atoms. The quantitative estimate of drug-likeness (QED) is 0.596. The minimum Gasteiger partial charge on any atom is -0.626 e. The molecule has 0 amide bonds. The predicted octanol–water partition coefficient (Wildman–Crippen LogP) is 2.97. The number of rotatable bonds is 2. The number of hydroxylamine groups is 2. The van der Waals surface area contributed by atoms with Crippen LogP contribution in [0.5, 0.6) is 0 Å². The lowest BCUT2D eigenvalue weighted by Crippen LogP contribution is -2.42. The van der Waals surface area contributed by atoms with E-state index in [0.29, 0.717) is 13.2 Å². The largest absolute Gasteiger partial charge is 0.626 e. The highest BCUT2D eigenvalue weighted by molar-refractivity contribution is 5.52. The molecule has 1 aliphatic rings. The Kier molecular flexibility index (Phi) is 2.78. The molecule has 0 spiro atoms. The molecule has 2 aromatic carbocycles. The number of hydrogen-bond donors (Lipinski definition) is 0. The Morgan fingerprint density at radius 2 is 1.50 bits per heavy atom. The molecule has 1 atom stereocenters. The number of nitrogens with zero attached hydrogens (tertiary/aromatic N) is 2. The van der Waals surface area contributed by atoms with Gasteiger partial charge in [-0.25, -0.2) is 0 Å². The van der Waals surface area contributed by atoms with E-state index >= 15 is 0 Å². The molecule has 0 N–H and O–H groups in total. The maximum Gasteiger partial charge on any atom is 0.159 e. The fourth-order valence-corrected chi connectivity index (χ4v) is 2.46. The zero-order chi connectivity index (χ0) is 12.4. The Balaban J connectivity index is 1.83. The van der Waals surface area contributed by atoms with E-state index in [1.807, 2.05) is 48.5 Å². The Morgan fingerprint density at radius 1 is 0.889 bits per heavy atom. The lowest BCUT2D eigenvalue weighted by atomic mass is 10.3. The van der Waals surface area contributed by atoms with Crippen molar-refractivity contribution in [2.45, 2.75) is 0 Å². The zero-order valence-corrected chi connectivity index (χ0v) is 10.2. The van der Waals surface area contributed by atoms with Gasteiger partial charge in [-0.15, -0.1) is 0 Å². The van der Waals surface area contributed by atoms with Crippen LogP contribution in [0.1, 0.15) is 0 Å². The average molecular weight is 240 g/mol. The van der Waals surface area contributed by atoms with Crippen molar-refractivity contribution in [1.29, 1.82) is 0 Å². The van der Waals surface area contributed by atoms with E-state index in [9.17, 15) is 5.21 Å². The van der Waals surface area contributed by atoms with E-state index in [2.05, 4.69) is 17.0 Å². The van der Waals surface area contributed by atoms with Crippen LogP contribution in [-0.4, -0.2) is 19.8 Å². The zero-order valence-electron chi connectivity index (χ0n) is 10.2. The van der Waals surface area contributed by atoms with Crippen molar-refractivity contribution < 1.29 is 0 Å². The third-order valence-electron chi connectivity index (χ3n) is 3.48. The summed E-state index contributed by atoms with van der Waals surface area (Å²) < 4.78 is -0.254. The summed E-state index contributed by atoms with van der Waals surface area (Å²) in [4.78, 5) is 2.15. The second-order valence-electron chi connectivity index (χ2n) is 4.69. The van der Waals surface area contributed by atoms with E-state index in [1.165, 1.54) is 0 Å². The fraction of sp³-hybridized carbons (Fsp3) is 0.200. The second-order valence-corrected chi connectivity index (χ2v) is 4.69. The lowest BCUT2D eigenvalue weighted by Gasteiger charge is -2.37. The molecule has 0 radical (unpaired) electrons. The summed E-state index contributed by atoms with van der Waals surface area (Å²) in [6, 6.07) is 19.8. The Morgan fingerprint density at radius 3 is 2.17 bits per heavy atom. The molecule has 0 bridgehead atoms. The molecule has 0 saturated carbocycles. The summed E-state index contributed by atoms with van der Waals surface area (Å²) in [5.41, 5.74) is 1.97. The summed E-state index contributed by atoms with van der Waals surface area (Å²) in [6.45, 7) is 1.91. The van der Waals surface area contributed by atoms with Gasteiger partial charge in [0, 0.05) is 5.69 Å². The van der Waals surface area contributed by atoms with Crippen molar-refractivity contribution in [3.05, 3.63) is 65.9 Å². The molecule has 3 heteroatoms. The third-order valence-corrected chi connectivity index (χ3v) is 3.48. The first-order chi connectivity index (χ1) is 8.78. The lowest BCUT2D eigenvalue weighted by molar-refractivity contribution is 0.458. The first-order valence-electron chi connectivity index (χ1n) is 6.22. The average Bonchev–Trinajstić information content (AvgIpc) is 2.85.